The van der Waals surface area contributed by atoms with E-state index in [-0.39, 0.29) is 0 Å². The molecule has 2 fully saturated rings. The van der Waals surface area contributed by atoms with Crippen LogP contribution in [0.3, 0.4) is 0 Å². The number of hydrogen-bond acceptors (Lipinski definition) is 11. The quantitative estimate of drug-likeness (QED) is 0.243. The topological polar surface area (TPSA) is 190 Å². The predicted molar refractivity (Wildman–Crippen MR) is 68.6 cm³/mol. The summed E-state index contributed by atoms with van der Waals surface area (Å²) in [6.45, 7) is -1.35. The largest absolute Gasteiger partial charge is 0.394 e. The second kappa shape index (κ2) is 7.63. The van der Waals surface area contributed by atoms with Gasteiger partial charge < -0.3 is 55.1 Å². The lowest BCUT2D eigenvalue weighted by Crippen LogP contribution is -2.64. The van der Waals surface area contributed by atoms with E-state index < -0.39 is 74.6 Å². The summed E-state index contributed by atoms with van der Waals surface area (Å²) in [4.78, 5) is 0. The Balaban J connectivity index is 2.11. The summed E-state index contributed by atoms with van der Waals surface area (Å²) in [6.07, 6.45) is -15.6. The Labute approximate surface area is 130 Å². The molecule has 2 saturated heterocycles. The molecular weight excluding hydrogens is 320 g/mol. The fourth-order valence-electron chi connectivity index (χ4n) is 2.57. The van der Waals surface area contributed by atoms with Gasteiger partial charge in [0, 0.05) is 0 Å². The molecule has 2 heterocycles. The zero-order chi connectivity index (χ0) is 17.3. The van der Waals surface area contributed by atoms with Crippen LogP contribution in [0.25, 0.3) is 0 Å². The van der Waals surface area contributed by atoms with Crippen LogP contribution < -0.4 is 0 Å². The van der Waals surface area contributed by atoms with Crippen molar-refractivity contribution in [1.82, 2.24) is 0 Å². The Kier molecular flexibility index (Phi) is 6.27. The van der Waals surface area contributed by atoms with Crippen LogP contribution in [0.1, 0.15) is 0 Å². The standard InChI is InChI=1S/C12H22O11/c13-1-3-5(15)6(16)9(19)12(22-3)23-10-4(2-14)21-11(20)8(18)7(10)17/h3-20H,1-2H2/t3-,4-,5-,6-,7-,8-,9-,10-,11+,12+/m1/s1. The molecule has 0 radical (unpaired) electrons. The first-order valence-electron chi connectivity index (χ1n) is 7.08. The van der Waals surface area contributed by atoms with Gasteiger partial charge in [0.2, 0.25) is 0 Å². The van der Waals surface area contributed by atoms with Crippen LogP contribution in [0, 0.1) is 0 Å². The van der Waals surface area contributed by atoms with E-state index in [1.807, 2.05) is 0 Å². The molecule has 0 saturated carbocycles. The highest BCUT2D eigenvalue weighted by Crippen LogP contribution is 2.28. The van der Waals surface area contributed by atoms with E-state index in [0.717, 1.165) is 0 Å². The van der Waals surface area contributed by atoms with Crippen LogP contribution in [0.2, 0.25) is 0 Å². The molecule has 23 heavy (non-hydrogen) atoms. The molecule has 2 aliphatic rings. The molecule has 136 valence electrons. The average molecular weight is 342 g/mol. The molecule has 0 aromatic heterocycles. The Morgan fingerprint density at radius 3 is 1.83 bits per heavy atom. The van der Waals surface area contributed by atoms with Crippen molar-refractivity contribution in [2.75, 3.05) is 13.2 Å². The van der Waals surface area contributed by atoms with Crippen molar-refractivity contribution in [3.05, 3.63) is 0 Å². The van der Waals surface area contributed by atoms with Crippen molar-refractivity contribution in [2.45, 2.75) is 61.4 Å². The van der Waals surface area contributed by atoms with E-state index in [1.54, 1.807) is 0 Å². The zero-order valence-corrected chi connectivity index (χ0v) is 12.0. The van der Waals surface area contributed by atoms with Gasteiger partial charge in [0.1, 0.15) is 48.8 Å². The molecule has 0 spiro atoms. The highest BCUT2D eigenvalue weighted by atomic mass is 16.7. The highest BCUT2D eigenvalue weighted by molar-refractivity contribution is 4.93. The lowest BCUT2D eigenvalue weighted by molar-refractivity contribution is -0.355. The Bertz CT molecular complexity index is 378. The highest BCUT2D eigenvalue weighted by Gasteiger charge is 2.50. The van der Waals surface area contributed by atoms with E-state index in [1.165, 1.54) is 0 Å². The van der Waals surface area contributed by atoms with Gasteiger partial charge >= 0.3 is 0 Å². The van der Waals surface area contributed by atoms with Crippen LogP contribution >= 0.6 is 0 Å². The van der Waals surface area contributed by atoms with Gasteiger partial charge in [-0.1, -0.05) is 0 Å². The normalized spacial score (nSPS) is 51.7. The van der Waals surface area contributed by atoms with Crippen LogP contribution in [0.5, 0.6) is 0 Å². The lowest BCUT2D eigenvalue weighted by atomic mass is 9.97. The van der Waals surface area contributed by atoms with Gasteiger partial charge in [0.15, 0.2) is 12.6 Å². The summed E-state index contributed by atoms with van der Waals surface area (Å²) in [7, 11) is 0. The monoisotopic (exact) mass is 342 g/mol. The van der Waals surface area contributed by atoms with Crippen molar-refractivity contribution in [3.8, 4) is 0 Å². The number of aliphatic hydroxyl groups is 8. The van der Waals surface area contributed by atoms with E-state index in [2.05, 4.69) is 0 Å². The summed E-state index contributed by atoms with van der Waals surface area (Å²) in [5, 5.41) is 76.5. The van der Waals surface area contributed by atoms with Gasteiger partial charge in [-0.2, -0.15) is 0 Å². The van der Waals surface area contributed by atoms with E-state index in [9.17, 15) is 35.7 Å². The Morgan fingerprint density at radius 2 is 1.26 bits per heavy atom. The summed E-state index contributed by atoms with van der Waals surface area (Å²) in [5.41, 5.74) is 0. The van der Waals surface area contributed by atoms with Crippen LogP contribution in [0.15, 0.2) is 0 Å². The number of hydrogen-bond donors (Lipinski definition) is 8. The van der Waals surface area contributed by atoms with Gasteiger partial charge in [-0.05, 0) is 0 Å². The van der Waals surface area contributed by atoms with Gasteiger partial charge in [0.05, 0.1) is 13.2 Å². The molecule has 0 aromatic rings. The lowest BCUT2D eigenvalue weighted by Gasteiger charge is -2.45. The minimum Gasteiger partial charge on any atom is -0.394 e. The Hall–Kier alpha value is -0.440. The predicted octanol–water partition coefficient (Wildman–Crippen LogP) is -5.40. The molecule has 2 aliphatic heterocycles. The summed E-state index contributed by atoms with van der Waals surface area (Å²) < 4.78 is 15.3. The van der Waals surface area contributed by atoms with Crippen LogP contribution in [0.4, 0.5) is 0 Å². The smallest absolute Gasteiger partial charge is 0.187 e. The van der Waals surface area contributed by atoms with E-state index in [0.29, 0.717) is 0 Å². The van der Waals surface area contributed by atoms with Crippen LogP contribution in [-0.2, 0) is 14.2 Å². The third kappa shape index (κ3) is 3.65. The molecule has 11 nitrogen and oxygen atoms in total. The minimum atomic E-state index is -1.74. The molecule has 0 aliphatic carbocycles. The summed E-state index contributed by atoms with van der Waals surface area (Å²) >= 11 is 0. The van der Waals surface area contributed by atoms with Crippen LogP contribution in [-0.4, -0.2) is 115 Å². The average Bonchev–Trinajstić information content (AvgIpc) is 2.55. The third-order valence-electron chi connectivity index (χ3n) is 3.98. The molecule has 2 rings (SSSR count). The molecule has 0 unspecified atom stereocenters. The van der Waals surface area contributed by atoms with Gasteiger partial charge in [-0.25, -0.2) is 0 Å². The maximum Gasteiger partial charge on any atom is 0.187 e. The number of ether oxygens (including phenoxy) is 3. The van der Waals surface area contributed by atoms with E-state index in [4.69, 9.17) is 19.3 Å². The van der Waals surface area contributed by atoms with Gasteiger partial charge in [-0.3, -0.25) is 0 Å². The fraction of sp³-hybridized carbons (Fsp3) is 1.00. The number of aliphatic hydroxyl groups excluding tert-OH is 8. The maximum absolute atomic E-state index is 9.94. The minimum absolute atomic E-state index is 0.667. The summed E-state index contributed by atoms with van der Waals surface area (Å²) in [6, 6.07) is 0. The molecule has 0 aromatic carbocycles. The van der Waals surface area contributed by atoms with Crippen molar-refractivity contribution in [2.24, 2.45) is 0 Å². The molecule has 11 heteroatoms. The third-order valence-corrected chi connectivity index (χ3v) is 3.98. The molecule has 0 amide bonds. The maximum atomic E-state index is 9.94. The zero-order valence-electron chi connectivity index (χ0n) is 12.0. The fourth-order valence-corrected chi connectivity index (χ4v) is 2.57. The SMILES string of the molecule is OC[C@H]1O[C@@H](O[C@H]2[C@H](O)[C@@H](O)[C@@H](O)O[C@@H]2CO)[C@H](O)[C@H](O)[C@@H]1O. The second-order valence-corrected chi connectivity index (χ2v) is 5.53. The van der Waals surface area contributed by atoms with Gasteiger partial charge in [-0.15, -0.1) is 0 Å². The van der Waals surface area contributed by atoms with E-state index >= 15 is 0 Å². The molecule has 0 bridgehead atoms. The van der Waals surface area contributed by atoms with Crippen molar-refractivity contribution in [1.29, 1.82) is 0 Å². The second-order valence-electron chi connectivity index (χ2n) is 5.53. The van der Waals surface area contributed by atoms with Crippen molar-refractivity contribution in [3.63, 3.8) is 0 Å². The first-order valence-corrected chi connectivity index (χ1v) is 7.08. The molecule has 8 N–H and O–H groups in total. The molecular formula is C12H22O11. The first kappa shape index (κ1) is 18.9. The summed E-state index contributed by atoms with van der Waals surface area (Å²) in [5.74, 6) is 0. The van der Waals surface area contributed by atoms with Crippen molar-refractivity contribution >= 4 is 0 Å². The van der Waals surface area contributed by atoms with Crippen molar-refractivity contribution < 1.29 is 55.1 Å². The first-order chi connectivity index (χ1) is 10.8. The molecule has 10 atom stereocenters. The van der Waals surface area contributed by atoms with Gasteiger partial charge in [0.25, 0.3) is 0 Å². The Morgan fingerprint density at radius 1 is 0.652 bits per heavy atom. The number of rotatable bonds is 4.